The molecule has 202 valence electrons. The number of nitrogens with one attached hydrogen (secondary N) is 1. The van der Waals surface area contributed by atoms with Gasteiger partial charge < -0.3 is 19.5 Å². The van der Waals surface area contributed by atoms with Gasteiger partial charge in [-0.15, -0.1) is 0 Å². The fraction of sp³-hybridized carbons (Fsp3) is 0.188. The molecule has 0 unspecified atom stereocenters. The van der Waals surface area contributed by atoms with Crippen LogP contribution in [0.3, 0.4) is 0 Å². The van der Waals surface area contributed by atoms with Crippen molar-refractivity contribution in [3.63, 3.8) is 0 Å². The summed E-state index contributed by atoms with van der Waals surface area (Å²) in [4.78, 5) is 25.6. The number of H-pyrrole nitrogens is 1. The number of carbonyl (C=O) groups is 1. The molecule has 1 saturated heterocycles. The molecule has 0 aliphatic carbocycles. The lowest BCUT2D eigenvalue weighted by Crippen LogP contribution is -2.49. The third-order valence-electron chi connectivity index (χ3n) is 7.19. The summed E-state index contributed by atoms with van der Waals surface area (Å²) in [5.74, 6) is -0.886. The van der Waals surface area contributed by atoms with E-state index in [0.29, 0.717) is 49.8 Å². The van der Waals surface area contributed by atoms with Crippen LogP contribution in [0, 0.1) is 11.6 Å². The molecule has 6 nitrogen and oxygen atoms in total. The first-order chi connectivity index (χ1) is 19.5. The molecular weight excluding hydrogens is 510 g/mol. The Morgan fingerprint density at radius 3 is 2.48 bits per heavy atom. The first-order valence-electron chi connectivity index (χ1n) is 13.3. The van der Waals surface area contributed by atoms with Gasteiger partial charge in [0.1, 0.15) is 23.2 Å². The van der Waals surface area contributed by atoms with Gasteiger partial charge in [-0.3, -0.25) is 4.79 Å². The number of ether oxygens (including phenoxy) is 1. The van der Waals surface area contributed by atoms with Crippen molar-refractivity contribution in [1.82, 2.24) is 14.9 Å². The van der Waals surface area contributed by atoms with Gasteiger partial charge in [0.05, 0.1) is 17.9 Å². The van der Waals surface area contributed by atoms with Crippen LogP contribution in [0.1, 0.15) is 17.4 Å². The van der Waals surface area contributed by atoms with Gasteiger partial charge in [-0.1, -0.05) is 42.5 Å². The number of hydrogen-bond acceptors (Lipinski definition) is 4. The topological polar surface area (TPSA) is 61.5 Å². The summed E-state index contributed by atoms with van der Waals surface area (Å²) in [7, 11) is 0. The summed E-state index contributed by atoms with van der Waals surface area (Å²) < 4.78 is 33.9. The predicted molar refractivity (Wildman–Crippen MR) is 153 cm³/mol. The number of aromatic amines is 1. The Bertz CT molecular complexity index is 1690. The van der Waals surface area contributed by atoms with Gasteiger partial charge >= 0.3 is 0 Å². The molecule has 2 heterocycles. The van der Waals surface area contributed by atoms with Crippen LogP contribution >= 0.6 is 0 Å². The van der Waals surface area contributed by atoms with Gasteiger partial charge in [0, 0.05) is 43.5 Å². The summed E-state index contributed by atoms with van der Waals surface area (Å²) >= 11 is 0. The number of rotatable bonds is 6. The van der Waals surface area contributed by atoms with Crippen LogP contribution in [0.15, 0.2) is 84.9 Å². The van der Waals surface area contributed by atoms with Crippen LogP contribution in [0.5, 0.6) is 5.75 Å². The van der Waals surface area contributed by atoms with Crippen LogP contribution < -0.4 is 9.64 Å². The maximum atomic E-state index is 14.7. The highest BCUT2D eigenvalue weighted by atomic mass is 19.1. The van der Waals surface area contributed by atoms with Gasteiger partial charge in [0.15, 0.2) is 5.69 Å². The van der Waals surface area contributed by atoms with E-state index in [2.05, 4.69) is 45.2 Å². The highest BCUT2D eigenvalue weighted by Crippen LogP contribution is 2.31. The fourth-order valence-electron chi connectivity index (χ4n) is 5.14. The number of imidazole rings is 1. The van der Waals surface area contributed by atoms with Crippen molar-refractivity contribution in [3.05, 3.63) is 102 Å². The molecule has 1 aliphatic rings. The first-order valence-corrected chi connectivity index (χ1v) is 13.3. The van der Waals surface area contributed by atoms with E-state index < -0.39 is 11.6 Å². The van der Waals surface area contributed by atoms with Crippen molar-refractivity contribution in [2.24, 2.45) is 0 Å². The zero-order valence-electron chi connectivity index (χ0n) is 22.0. The van der Waals surface area contributed by atoms with Crippen LogP contribution in [0.25, 0.3) is 33.4 Å². The Balaban J connectivity index is 1.29. The second-order valence-electron chi connectivity index (χ2n) is 9.70. The largest absolute Gasteiger partial charge is 0.494 e. The van der Waals surface area contributed by atoms with E-state index in [1.54, 1.807) is 4.90 Å². The monoisotopic (exact) mass is 538 g/mol. The molecule has 1 amide bonds. The summed E-state index contributed by atoms with van der Waals surface area (Å²) in [5, 5.41) is 2.36. The molecule has 1 fully saturated rings. The van der Waals surface area contributed by atoms with Crippen molar-refractivity contribution in [1.29, 1.82) is 0 Å². The zero-order valence-corrected chi connectivity index (χ0v) is 22.0. The third kappa shape index (κ3) is 5.00. The van der Waals surface area contributed by atoms with Gasteiger partial charge in [-0.05, 0) is 54.1 Å². The lowest BCUT2D eigenvalue weighted by Gasteiger charge is -2.36. The van der Waals surface area contributed by atoms with Crippen molar-refractivity contribution >= 4 is 22.4 Å². The molecule has 0 radical (unpaired) electrons. The molecular formula is C32H28F2N4O2. The van der Waals surface area contributed by atoms with Crippen LogP contribution in [-0.2, 0) is 0 Å². The molecule has 4 aromatic carbocycles. The van der Waals surface area contributed by atoms with Crippen LogP contribution in [0.4, 0.5) is 14.5 Å². The van der Waals surface area contributed by atoms with Crippen LogP contribution in [-0.4, -0.2) is 53.6 Å². The molecule has 0 spiro atoms. The Labute approximate surface area is 230 Å². The lowest BCUT2D eigenvalue weighted by atomic mass is 10.1. The number of carbonyl (C=O) groups excluding carboxylic acids is 1. The Hall–Kier alpha value is -4.72. The average Bonchev–Trinajstić information content (AvgIpc) is 3.42. The molecule has 1 N–H and O–H groups in total. The number of hydrogen-bond donors (Lipinski definition) is 1. The second-order valence-corrected chi connectivity index (χ2v) is 9.70. The number of piperazine rings is 1. The molecule has 8 heteroatoms. The van der Waals surface area contributed by atoms with Gasteiger partial charge in [-0.2, -0.15) is 0 Å². The average molecular weight is 539 g/mol. The lowest BCUT2D eigenvalue weighted by molar-refractivity contribution is 0.0742. The second kappa shape index (κ2) is 10.8. The van der Waals surface area contributed by atoms with E-state index in [9.17, 15) is 13.6 Å². The molecule has 1 aliphatic heterocycles. The molecule has 5 aromatic rings. The Morgan fingerprint density at radius 2 is 1.70 bits per heavy atom. The minimum atomic E-state index is -0.758. The van der Waals surface area contributed by atoms with Gasteiger partial charge in [0.25, 0.3) is 5.91 Å². The van der Waals surface area contributed by atoms with E-state index in [1.165, 1.54) is 22.9 Å². The van der Waals surface area contributed by atoms with E-state index in [4.69, 9.17) is 4.74 Å². The maximum absolute atomic E-state index is 14.7. The van der Waals surface area contributed by atoms with Gasteiger partial charge in [-0.25, -0.2) is 13.8 Å². The maximum Gasteiger partial charge on any atom is 0.274 e. The number of halogens is 2. The van der Waals surface area contributed by atoms with E-state index in [1.807, 2.05) is 43.3 Å². The van der Waals surface area contributed by atoms with Gasteiger partial charge in [0.2, 0.25) is 0 Å². The van der Waals surface area contributed by atoms with Crippen molar-refractivity contribution in [3.8, 4) is 28.4 Å². The highest BCUT2D eigenvalue weighted by Gasteiger charge is 2.28. The van der Waals surface area contributed by atoms with Crippen molar-refractivity contribution < 1.29 is 18.3 Å². The number of benzene rings is 4. The number of amides is 1. The van der Waals surface area contributed by atoms with E-state index in [0.717, 1.165) is 11.8 Å². The number of fused-ring (bicyclic) bond motifs is 1. The number of anilines is 1. The molecule has 1 aromatic heterocycles. The smallest absolute Gasteiger partial charge is 0.274 e. The zero-order chi connectivity index (χ0) is 27.6. The fourth-order valence-corrected chi connectivity index (χ4v) is 5.14. The summed E-state index contributed by atoms with van der Waals surface area (Å²) in [6.45, 7) is 4.75. The highest BCUT2D eigenvalue weighted by molar-refractivity contribution is 5.99. The van der Waals surface area contributed by atoms with E-state index in [-0.39, 0.29) is 23.0 Å². The normalized spacial score (nSPS) is 13.6. The minimum Gasteiger partial charge on any atom is -0.494 e. The Morgan fingerprint density at radius 1 is 0.900 bits per heavy atom. The first kappa shape index (κ1) is 25.6. The molecule has 6 rings (SSSR count). The summed E-state index contributed by atoms with van der Waals surface area (Å²) in [6.07, 6.45) is 0. The number of nitrogens with zero attached hydrogens (tertiary/aromatic N) is 3. The van der Waals surface area contributed by atoms with Crippen LogP contribution in [0.2, 0.25) is 0 Å². The standard InChI is InChI=1S/C32H28F2N4O2/c1-2-40-26-9-5-8-23(19-26)29-30(36-31(35-29)27-13-11-24(33)20-28(27)34)32(39)38-16-14-37(15-17-38)25-12-10-21-6-3-4-7-22(21)18-25/h3-13,18-20H,2,14-17H2,1H3,(H,35,36). The predicted octanol–water partition coefficient (Wildman–Crippen LogP) is 6.54. The molecule has 0 atom stereocenters. The Kier molecular flexibility index (Phi) is 6.90. The number of aromatic nitrogens is 2. The third-order valence-corrected chi connectivity index (χ3v) is 7.19. The SMILES string of the molecule is CCOc1cccc(-c2[nH]c(-c3ccc(F)cc3F)nc2C(=O)N2CCN(c3ccc4ccccc4c3)CC2)c1. The van der Waals surface area contributed by atoms with Crippen molar-refractivity contribution in [2.75, 3.05) is 37.7 Å². The summed E-state index contributed by atoms with van der Waals surface area (Å²) in [5.41, 5.74) is 2.54. The summed E-state index contributed by atoms with van der Waals surface area (Å²) in [6, 6.07) is 25.3. The molecule has 40 heavy (non-hydrogen) atoms. The quantitative estimate of drug-likeness (QED) is 0.267. The van der Waals surface area contributed by atoms with E-state index >= 15 is 0 Å². The van der Waals surface area contributed by atoms with Crippen molar-refractivity contribution in [2.45, 2.75) is 6.92 Å². The molecule has 0 bridgehead atoms. The molecule has 0 saturated carbocycles. The minimum absolute atomic E-state index is 0.0868.